The number of hydrogen-bond donors (Lipinski definition) is 1. The number of aliphatic hydroxyl groups is 1. The molecular formula is C19H21F2N3O4. The van der Waals surface area contributed by atoms with Gasteiger partial charge in [-0.2, -0.15) is 0 Å². The minimum atomic E-state index is -2.73. The molecule has 0 fully saturated rings. The number of alkyl halides is 2. The number of fused-ring (bicyclic) bond motifs is 1. The van der Waals surface area contributed by atoms with Gasteiger partial charge in [-0.3, -0.25) is 0 Å². The zero-order chi connectivity index (χ0) is 20.4. The highest BCUT2D eigenvalue weighted by molar-refractivity contribution is 5.81. The Hall–Kier alpha value is -2.94. The van der Waals surface area contributed by atoms with Crippen molar-refractivity contribution in [1.29, 1.82) is 0 Å². The van der Waals surface area contributed by atoms with Gasteiger partial charge in [0, 0.05) is 17.7 Å². The summed E-state index contributed by atoms with van der Waals surface area (Å²) in [4.78, 5) is 8.76. The third kappa shape index (κ3) is 3.33. The standard InChI is InChI=1S/C19H21F2N3O4/c1-10-22-16-12(18(20)21)9-13(23-19(16)24(10)5-6-25)11-7-14(26-2)17(28-4)15(8-11)27-3/h7-9,18,25H,5-6H2,1-4H3. The topological polar surface area (TPSA) is 78.6 Å². The average molecular weight is 393 g/mol. The maximum absolute atomic E-state index is 13.7. The highest BCUT2D eigenvalue weighted by Crippen LogP contribution is 2.41. The molecule has 9 heteroatoms. The number of rotatable bonds is 7. The van der Waals surface area contributed by atoms with Gasteiger partial charge in [0.2, 0.25) is 5.75 Å². The number of aromatic nitrogens is 3. The van der Waals surface area contributed by atoms with Crippen molar-refractivity contribution in [2.24, 2.45) is 0 Å². The van der Waals surface area contributed by atoms with Crippen molar-refractivity contribution in [3.05, 3.63) is 29.6 Å². The Bertz CT molecular complexity index is 979. The molecule has 0 radical (unpaired) electrons. The second kappa shape index (κ2) is 7.97. The van der Waals surface area contributed by atoms with E-state index < -0.39 is 6.43 Å². The zero-order valence-corrected chi connectivity index (χ0v) is 16.0. The first-order chi connectivity index (χ1) is 13.4. The van der Waals surface area contributed by atoms with Crippen molar-refractivity contribution in [1.82, 2.24) is 14.5 Å². The Balaban J connectivity index is 2.30. The Morgan fingerprint density at radius 3 is 2.18 bits per heavy atom. The Labute approximate surface area is 160 Å². The number of pyridine rings is 1. The fourth-order valence-electron chi connectivity index (χ4n) is 3.13. The summed E-state index contributed by atoms with van der Waals surface area (Å²) in [5.74, 6) is 1.67. The lowest BCUT2D eigenvalue weighted by Crippen LogP contribution is -2.05. The smallest absolute Gasteiger partial charge is 0.266 e. The molecule has 3 aromatic rings. The molecule has 28 heavy (non-hydrogen) atoms. The second-order valence-electron chi connectivity index (χ2n) is 6.02. The minimum absolute atomic E-state index is 0.122. The summed E-state index contributed by atoms with van der Waals surface area (Å²) in [6.07, 6.45) is -2.73. The SMILES string of the molecule is COc1cc(-c2cc(C(F)F)c3nc(C)n(CCO)c3n2)cc(OC)c1OC. The third-order valence-electron chi connectivity index (χ3n) is 4.44. The Kier molecular flexibility index (Phi) is 5.64. The lowest BCUT2D eigenvalue weighted by molar-refractivity contribution is 0.153. The molecule has 0 saturated carbocycles. The molecule has 7 nitrogen and oxygen atoms in total. The highest BCUT2D eigenvalue weighted by Gasteiger charge is 2.22. The molecule has 150 valence electrons. The molecule has 2 heterocycles. The van der Waals surface area contributed by atoms with E-state index in [2.05, 4.69) is 9.97 Å². The number of aliphatic hydroxyl groups excluding tert-OH is 1. The largest absolute Gasteiger partial charge is 0.493 e. The van der Waals surface area contributed by atoms with Gasteiger partial charge in [-0.05, 0) is 25.1 Å². The zero-order valence-electron chi connectivity index (χ0n) is 16.0. The van der Waals surface area contributed by atoms with Crippen molar-refractivity contribution in [3.63, 3.8) is 0 Å². The predicted molar refractivity (Wildman–Crippen MR) is 99.4 cm³/mol. The van der Waals surface area contributed by atoms with Crippen LogP contribution in [0.5, 0.6) is 17.2 Å². The van der Waals surface area contributed by atoms with Gasteiger partial charge in [0.25, 0.3) is 6.43 Å². The van der Waals surface area contributed by atoms with E-state index in [9.17, 15) is 13.9 Å². The van der Waals surface area contributed by atoms with Gasteiger partial charge in [-0.1, -0.05) is 0 Å². The van der Waals surface area contributed by atoms with Gasteiger partial charge in [-0.15, -0.1) is 0 Å². The van der Waals surface area contributed by atoms with Crippen molar-refractivity contribution < 1.29 is 28.1 Å². The number of halogens is 2. The Morgan fingerprint density at radius 1 is 1.04 bits per heavy atom. The number of methoxy groups -OCH3 is 3. The fourth-order valence-corrected chi connectivity index (χ4v) is 3.13. The number of hydrogen-bond acceptors (Lipinski definition) is 6. The van der Waals surface area contributed by atoms with E-state index in [1.165, 1.54) is 27.4 Å². The van der Waals surface area contributed by atoms with Crippen LogP contribution in [-0.4, -0.2) is 47.6 Å². The van der Waals surface area contributed by atoms with Crippen molar-refractivity contribution in [2.45, 2.75) is 19.9 Å². The first-order valence-electron chi connectivity index (χ1n) is 8.52. The number of imidazole rings is 1. The van der Waals surface area contributed by atoms with Crippen LogP contribution in [0, 0.1) is 6.92 Å². The van der Waals surface area contributed by atoms with E-state index in [0.29, 0.717) is 34.3 Å². The lowest BCUT2D eigenvalue weighted by atomic mass is 10.1. The van der Waals surface area contributed by atoms with E-state index in [1.54, 1.807) is 23.6 Å². The van der Waals surface area contributed by atoms with Crippen LogP contribution >= 0.6 is 0 Å². The lowest BCUT2D eigenvalue weighted by Gasteiger charge is -2.14. The van der Waals surface area contributed by atoms with Crippen LogP contribution in [0.1, 0.15) is 17.8 Å². The highest BCUT2D eigenvalue weighted by atomic mass is 19.3. The van der Waals surface area contributed by atoms with Crippen LogP contribution in [0.4, 0.5) is 8.78 Å². The maximum Gasteiger partial charge on any atom is 0.266 e. The fraction of sp³-hybridized carbons (Fsp3) is 0.368. The van der Waals surface area contributed by atoms with Gasteiger partial charge in [0.1, 0.15) is 11.3 Å². The van der Waals surface area contributed by atoms with Gasteiger partial charge in [0.15, 0.2) is 17.1 Å². The summed E-state index contributed by atoms with van der Waals surface area (Å²) in [7, 11) is 4.43. The molecule has 0 aliphatic heterocycles. The number of ether oxygens (including phenoxy) is 3. The van der Waals surface area contributed by atoms with E-state index in [4.69, 9.17) is 14.2 Å². The van der Waals surface area contributed by atoms with Crippen molar-refractivity contribution in [3.8, 4) is 28.5 Å². The monoisotopic (exact) mass is 393 g/mol. The molecule has 0 amide bonds. The Morgan fingerprint density at radius 2 is 1.68 bits per heavy atom. The molecule has 1 aromatic carbocycles. The van der Waals surface area contributed by atoms with Gasteiger partial charge in [0.05, 0.1) is 33.6 Å². The molecule has 0 aliphatic rings. The van der Waals surface area contributed by atoms with Gasteiger partial charge >= 0.3 is 0 Å². The maximum atomic E-state index is 13.7. The molecular weight excluding hydrogens is 372 g/mol. The summed E-state index contributed by atoms with van der Waals surface area (Å²) >= 11 is 0. The van der Waals surface area contributed by atoms with Crippen LogP contribution in [-0.2, 0) is 6.54 Å². The van der Waals surface area contributed by atoms with E-state index in [-0.39, 0.29) is 29.9 Å². The van der Waals surface area contributed by atoms with Crippen LogP contribution in [0.2, 0.25) is 0 Å². The predicted octanol–water partition coefficient (Wildman–Crippen LogP) is 3.36. The molecule has 0 unspecified atom stereocenters. The molecule has 0 atom stereocenters. The van der Waals surface area contributed by atoms with Crippen LogP contribution in [0.25, 0.3) is 22.4 Å². The molecule has 0 aliphatic carbocycles. The first-order valence-corrected chi connectivity index (χ1v) is 8.52. The molecule has 0 spiro atoms. The second-order valence-corrected chi connectivity index (χ2v) is 6.02. The molecule has 3 rings (SSSR count). The van der Waals surface area contributed by atoms with E-state index in [0.717, 1.165) is 0 Å². The van der Waals surface area contributed by atoms with E-state index >= 15 is 0 Å². The summed E-state index contributed by atoms with van der Waals surface area (Å²) in [5.41, 5.74) is 1.01. The van der Waals surface area contributed by atoms with Crippen LogP contribution in [0.15, 0.2) is 18.2 Å². The molecule has 0 bridgehead atoms. The molecule has 2 aromatic heterocycles. The summed E-state index contributed by atoms with van der Waals surface area (Å²) in [6.45, 7) is 1.73. The quantitative estimate of drug-likeness (QED) is 0.663. The van der Waals surface area contributed by atoms with Crippen LogP contribution < -0.4 is 14.2 Å². The first kappa shape index (κ1) is 19.8. The molecule has 0 saturated heterocycles. The number of benzene rings is 1. The normalized spacial score (nSPS) is 11.3. The van der Waals surface area contributed by atoms with E-state index in [1.807, 2.05) is 0 Å². The van der Waals surface area contributed by atoms with Crippen LogP contribution in [0.3, 0.4) is 0 Å². The number of nitrogens with zero attached hydrogens (tertiary/aromatic N) is 3. The van der Waals surface area contributed by atoms with Gasteiger partial charge < -0.3 is 23.9 Å². The van der Waals surface area contributed by atoms with Crippen molar-refractivity contribution >= 4 is 11.2 Å². The summed E-state index contributed by atoms with van der Waals surface area (Å²) < 4.78 is 45.1. The third-order valence-corrected chi connectivity index (χ3v) is 4.44. The average Bonchev–Trinajstić information content (AvgIpc) is 3.01. The number of aryl methyl sites for hydroxylation is 1. The summed E-state index contributed by atoms with van der Waals surface area (Å²) in [6, 6.07) is 4.60. The van der Waals surface area contributed by atoms with Gasteiger partial charge in [-0.25, -0.2) is 18.7 Å². The summed E-state index contributed by atoms with van der Waals surface area (Å²) in [5, 5.41) is 9.31. The molecule has 1 N–H and O–H groups in total. The van der Waals surface area contributed by atoms with Crippen molar-refractivity contribution in [2.75, 3.05) is 27.9 Å². The minimum Gasteiger partial charge on any atom is -0.493 e.